The van der Waals surface area contributed by atoms with Crippen molar-refractivity contribution < 1.29 is 0 Å². The van der Waals surface area contributed by atoms with E-state index >= 15 is 0 Å². The maximum Gasteiger partial charge on any atom is -0.00151 e. The van der Waals surface area contributed by atoms with Gasteiger partial charge in [-0.25, -0.2) is 0 Å². The van der Waals surface area contributed by atoms with Crippen molar-refractivity contribution in [1.29, 1.82) is 0 Å². The van der Waals surface area contributed by atoms with Gasteiger partial charge in [-0.05, 0) is 35.4 Å². The van der Waals surface area contributed by atoms with Crippen LogP contribution in [-0.2, 0) is 6.42 Å². The Labute approximate surface area is 127 Å². The highest BCUT2D eigenvalue weighted by Gasteiger charge is 2.13. The first-order valence-corrected chi connectivity index (χ1v) is 7.40. The summed E-state index contributed by atoms with van der Waals surface area (Å²) in [4.78, 5) is 0. The summed E-state index contributed by atoms with van der Waals surface area (Å²) in [7, 11) is 0. The third-order valence-corrected chi connectivity index (χ3v) is 3.72. The zero-order chi connectivity index (χ0) is 14.3. The van der Waals surface area contributed by atoms with Gasteiger partial charge in [0.15, 0.2) is 0 Å². The van der Waals surface area contributed by atoms with Gasteiger partial charge in [-0.15, -0.1) is 0 Å². The molecule has 0 aliphatic carbocycles. The van der Waals surface area contributed by atoms with Crippen LogP contribution in [0.3, 0.4) is 0 Å². The molecule has 0 aliphatic rings. The molecule has 3 aromatic carbocycles. The smallest absolute Gasteiger partial charge is 0.00151 e. The Morgan fingerprint density at radius 2 is 1.14 bits per heavy atom. The van der Waals surface area contributed by atoms with Crippen LogP contribution in [0, 0.1) is 6.42 Å². The molecular formula is C21H19. The van der Waals surface area contributed by atoms with Crippen LogP contribution in [0.15, 0.2) is 91.0 Å². The van der Waals surface area contributed by atoms with Crippen molar-refractivity contribution in [2.45, 2.75) is 12.3 Å². The molecule has 0 amide bonds. The monoisotopic (exact) mass is 271 g/mol. The van der Waals surface area contributed by atoms with Crippen molar-refractivity contribution in [1.82, 2.24) is 0 Å². The summed E-state index contributed by atoms with van der Waals surface area (Å²) >= 11 is 0. The summed E-state index contributed by atoms with van der Waals surface area (Å²) in [6.45, 7) is 0. The summed E-state index contributed by atoms with van der Waals surface area (Å²) in [6, 6.07) is 32.0. The van der Waals surface area contributed by atoms with Crippen molar-refractivity contribution >= 4 is 0 Å². The van der Waals surface area contributed by atoms with Crippen molar-refractivity contribution in [2.75, 3.05) is 0 Å². The van der Waals surface area contributed by atoms with E-state index < -0.39 is 0 Å². The molecule has 0 aromatic heterocycles. The van der Waals surface area contributed by atoms with Gasteiger partial charge < -0.3 is 0 Å². The van der Waals surface area contributed by atoms with Gasteiger partial charge in [-0.3, -0.25) is 0 Å². The predicted octanol–water partition coefficient (Wildman–Crippen LogP) is 5.27. The molecule has 0 saturated heterocycles. The second-order valence-corrected chi connectivity index (χ2v) is 5.28. The highest BCUT2D eigenvalue weighted by molar-refractivity contribution is 5.33. The van der Waals surface area contributed by atoms with E-state index in [2.05, 4.69) is 97.4 Å². The Morgan fingerprint density at radius 1 is 0.619 bits per heavy atom. The summed E-state index contributed by atoms with van der Waals surface area (Å²) in [6.07, 6.45) is 3.39. The minimum Gasteiger partial charge on any atom is -0.0622 e. The molecule has 1 atom stereocenters. The Bertz CT molecular complexity index is 600. The highest BCUT2D eigenvalue weighted by atomic mass is 14.2. The van der Waals surface area contributed by atoms with Crippen LogP contribution in [0.4, 0.5) is 0 Å². The number of hydrogen-bond acceptors (Lipinski definition) is 0. The first-order chi connectivity index (χ1) is 10.4. The molecule has 0 fully saturated rings. The molecule has 0 heterocycles. The molecule has 1 unspecified atom stereocenters. The molecule has 1 radical (unpaired) electrons. The molecule has 3 rings (SSSR count). The fourth-order valence-electron chi connectivity index (χ4n) is 2.64. The van der Waals surface area contributed by atoms with E-state index in [4.69, 9.17) is 0 Å². The van der Waals surface area contributed by atoms with Crippen LogP contribution >= 0.6 is 0 Å². The minimum atomic E-state index is 0.399. The maximum atomic E-state index is 2.36. The average molecular weight is 271 g/mol. The van der Waals surface area contributed by atoms with Gasteiger partial charge in [-0.1, -0.05) is 91.0 Å². The molecule has 0 saturated carbocycles. The lowest BCUT2D eigenvalue weighted by atomic mass is 9.87. The largest absolute Gasteiger partial charge is 0.0622 e. The molecule has 0 bridgehead atoms. The van der Waals surface area contributed by atoms with E-state index in [1.54, 1.807) is 0 Å². The summed E-state index contributed by atoms with van der Waals surface area (Å²) < 4.78 is 0. The first-order valence-electron chi connectivity index (χ1n) is 7.40. The molecule has 21 heavy (non-hydrogen) atoms. The SMILES string of the molecule is [CH](c1ccccc1)C(Cc1ccccc1)c1ccccc1. The maximum absolute atomic E-state index is 2.36. The Kier molecular flexibility index (Phi) is 4.48. The van der Waals surface area contributed by atoms with Gasteiger partial charge in [0.25, 0.3) is 0 Å². The zero-order valence-electron chi connectivity index (χ0n) is 12.0. The van der Waals surface area contributed by atoms with E-state index in [1.807, 2.05) is 0 Å². The molecule has 0 nitrogen and oxygen atoms in total. The molecule has 103 valence electrons. The van der Waals surface area contributed by atoms with Crippen LogP contribution in [-0.4, -0.2) is 0 Å². The Balaban J connectivity index is 1.84. The number of benzene rings is 3. The standard InChI is InChI=1S/C21H19/c1-4-10-18(11-5-1)16-21(20-14-8-3-9-15-20)17-19-12-6-2-7-13-19/h1-16,21H,17H2. The molecular weight excluding hydrogens is 252 g/mol. The lowest BCUT2D eigenvalue weighted by Gasteiger charge is -2.17. The topological polar surface area (TPSA) is 0 Å². The van der Waals surface area contributed by atoms with Gasteiger partial charge >= 0.3 is 0 Å². The fraction of sp³-hybridized carbons (Fsp3) is 0.0952. The average Bonchev–Trinajstić information content (AvgIpc) is 2.57. The lowest BCUT2D eigenvalue weighted by molar-refractivity contribution is 0.791. The van der Waals surface area contributed by atoms with Gasteiger partial charge in [0.1, 0.15) is 0 Å². The molecule has 0 heteroatoms. The summed E-state index contributed by atoms with van der Waals surface area (Å²) in [5.41, 5.74) is 4.02. The quantitative estimate of drug-likeness (QED) is 0.593. The zero-order valence-corrected chi connectivity index (χ0v) is 12.0. The molecule has 0 spiro atoms. The van der Waals surface area contributed by atoms with Crippen molar-refractivity contribution in [3.05, 3.63) is 114 Å². The fourth-order valence-corrected chi connectivity index (χ4v) is 2.64. The van der Waals surface area contributed by atoms with E-state index in [0.29, 0.717) is 5.92 Å². The molecule has 0 N–H and O–H groups in total. The van der Waals surface area contributed by atoms with Crippen LogP contribution < -0.4 is 0 Å². The van der Waals surface area contributed by atoms with Crippen molar-refractivity contribution in [3.8, 4) is 0 Å². The summed E-state index contributed by atoms with van der Waals surface area (Å²) in [5.74, 6) is 0.399. The van der Waals surface area contributed by atoms with Gasteiger partial charge in [0, 0.05) is 0 Å². The third kappa shape index (κ3) is 3.82. The van der Waals surface area contributed by atoms with Gasteiger partial charge in [0.05, 0.1) is 0 Å². The van der Waals surface area contributed by atoms with E-state index in [9.17, 15) is 0 Å². The van der Waals surface area contributed by atoms with E-state index in [1.165, 1.54) is 16.7 Å². The van der Waals surface area contributed by atoms with Crippen LogP contribution in [0.25, 0.3) is 0 Å². The second-order valence-electron chi connectivity index (χ2n) is 5.28. The Morgan fingerprint density at radius 3 is 1.76 bits per heavy atom. The van der Waals surface area contributed by atoms with Crippen molar-refractivity contribution in [2.24, 2.45) is 0 Å². The Hall–Kier alpha value is -2.34. The van der Waals surface area contributed by atoms with Crippen molar-refractivity contribution in [3.63, 3.8) is 0 Å². The van der Waals surface area contributed by atoms with E-state index in [0.717, 1.165) is 6.42 Å². The number of rotatable bonds is 5. The lowest BCUT2D eigenvalue weighted by Crippen LogP contribution is -2.04. The highest BCUT2D eigenvalue weighted by Crippen LogP contribution is 2.26. The van der Waals surface area contributed by atoms with Crippen LogP contribution in [0.2, 0.25) is 0 Å². The predicted molar refractivity (Wildman–Crippen MR) is 89.2 cm³/mol. The normalized spacial score (nSPS) is 10.7. The third-order valence-electron chi connectivity index (χ3n) is 3.72. The summed E-state index contributed by atoms with van der Waals surface area (Å²) in [5, 5.41) is 0. The van der Waals surface area contributed by atoms with Crippen LogP contribution in [0.5, 0.6) is 0 Å². The van der Waals surface area contributed by atoms with Gasteiger partial charge in [0.2, 0.25) is 0 Å². The van der Waals surface area contributed by atoms with Gasteiger partial charge in [-0.2, -0.15) is 0 Å². The van der Waals surface area contributed by atoms with Crippen LogP contribution in [0.1, 0.15) is 22.6 Å². The number of hydrogen-bond donors (Lipinski definition) is 0. The minimum absolute atomic E-state index is 0.399. The molecule has 0 aliphatic heterocycles. The first kappa shape index (κ1) is 13.6. The van der Waals surface area contributed by atoms with E-state index in [-0.39, 0.29) is 0 Å². The second kappa shape index (κ2) is 6.90. The molecule has 3 aromatic rings.